The molecule has 5 nitrogen and oxygen atoms in total. The maximum Gasteiger partial charge on any atom is 0.246 e. The van der Waals surface area contributed by atoms with Crippen molar-refractivity contribution >= 4 is 21.6 Å². The number of benzene rings is 1. The van der Waals surface area contributed by atoms with Gasteiger partial charge in [0.05, 0.1) is 11.9 Å². The molecule has 2 rings (SSSR count). The SMILES string of the molecule is CC[C@@H](C(=O)N1CCCCC1)N(c1cc(C)ccc1C)S(C)(=O)=O. The molecule has 1 aromatic rings. The van der Waals surface area contributed by atoms with Crippen LogP contribution in [0.2, 0.25) is 0 Å². The highest BCUT2D eigenvalue weighted by Gasteiger charge is 2.35. The third kappa shape index (κ3) is 4.09. The standard InChI is InChI=1S/C18H28N2O3S/c1-5-16(18(21)19-11-7-6-8-12-19)20(24(4,22)23)17-13-14(2)9-10-15(17)3/h9-10,13,16H,5-8,11-12H2,1-4H3/t16-/m0/s1. The quantitative estimate of drug-likeness (QED) is 0.819. The molecule has 0 aliphatic carbocycles. The van der Waals surface area contributed by atoms with Crippen molar-refractivity contribution in [1.82, 2.24) is 4.90 Å². The molecule has 0 unspecified atom stereocenters. The second kappa shape index (κ2) is 7.55. The Labute approximate surface area is 145 Å². The molecule has 0 aromatic heterocycles. The number of hydrogen-bond donors (Lipinski definition) is 0. The summed E-state index contributed by atoms with van der Waals surface area (Å²) in [7, 11) is -3.57. The Kier molecular flexibility index (Phi) is 5.91. The third-order valence-electron chi connectivity index (χ3n) is 4.58. The van der Waals surface area contributed by atoms with Gasteiger partial charge in [-0.15, -0.1) is 0 Å². The molecule has 0 spiro atoms. The van der Waals surface area contributed by atoms with Crippen LogP contribution in [0.25, 0.3) is 0 Å². The zero-order chi connectivity index (χ0) is 17.9. The molecule has 0 saturated carbocycles. The van der Waals surface area contributed by atoms with Crippen LogP contribution >= 0.6 is 0 Å². The number of piperidine rings is 1. The lowest BCUT2D eigenvalue weighted by Gasteiger charge is -2.36. The zero-order valence-corrected chi connectivity index (χ0v) is 15.9. The Morgan fingerprint density at radius 1 is 1.21 bits per heavy atom. The monoisotopic (exact) mass is 352 g/mol. The van der Waals surface area contributed by atoms with E-state index in [1.165, 1.54) is 10.6 Å². The van der Waals surface area contributed by atoms with Crippen molar-refractivity contribution in [2.45, 2.75) is 52.5 Å². The van der Waals surface area contributed by atoms with Gasteiger partial charge in [0, 0.05) is 13.1 Å². The topological polar surface area (TPSA) is 57.7 Å². The van der Waals surface area contributed by atoms with E-state index in [0.717, 1.165) is 43.5 Å². The van der Waals surface area contributed by atoms with E-state index in [1.54, 1.807) is 0 Å². The number of nitrogens with zero attached hydrogens (tertiary/aromatic N) is 2. The van der Waals surface area contributed by atoms with Gasteiger partial charge in [0.1, 0.15) is 6.04 Å². The summed E-state index contributed by atoms with van der Waals surface area (Å²) in [5, 5.41) is 0. The molecule has 1 atom stereocenters. The minimum atomic E-state index is -3.57. The molecule has 0 bridgehead atoms. The minimum absolute atomic E-state index is 0.0801. The molecule has 1 heterocycles. The van der Waals surface area contributed by atoms with Gasteiger partial charge in [-0.05, 0) is 56.7 Å². The molecule has 1 aliphatic heterocycles. The third-order valence-corrected chi connectivity index (χ3v) is 5.75. The second-order valence-electron chi connectivity index (χ2n) is 6.66. The lowest BCUT2D eigenvalue weighted by Crippen LogP contribution is -2.52. The van der Waals surface area contributed by atoms with Gasteiger partial charge in [0.25, 0.3) is 0 Å². The van der Waals surface area contributed by atoms with Crippen LogP contribution in [0.5, 0.6) is 0 Å². The van der Waals surface area contributed by atoms with Crippen molar-refractivity contribution in [2.75, 3.05) is 23.7 Å². The van der Waals surface area contributed by atoms with Crippen molar-refractivity contribution in [3.63, 3.8) is 0 Å². The first-order valence-electron chi connectivity index (χ1n) is 8.61. The Bertz CT molecular complexity index is 694. The van der Waals surface area contributed by atoms with Crippen LogP contribution in [0, 0.1) is 13.8 Å². The number of likely N-dealkylation sites (tertiary alicyclic amines) is 1. The van der Waals surface area contributed by atoms with Gasteiger partial charge in [-0.1, -0.05) is 19.1 Å². The molecule has 1 aliphatic rings. The molecule has 24 heavy (non-hydrogen) atoms. The summed E-state index contributed by atoms with van der Waals surface area (Å²) in [6, 6.07) is 5.02. The highest BCUT2D eigenvalue weighted by atomic mass is 32.2. The number of rotatable bonds is 5. The van der Waals surface area contributed by atoms with Crippen LogP contribution in [-0.2, 0) is 14.8 Å². The number of carbonyl (C=O) groups is 1. The Hall–Kier alpha value is -1.56. The number of amides is 1. The number of carbonyl (C=O) groups excluding carboxylic acids is 1. The van der Waals surface area contributed by atoms with Gasteiger partial charge in [0.2, 0.25) is 15.9 Å². The number of sulfonamides is 1. The molecule has 1 fully saturated rings. The highest BCUT2D eigenvalue weighted by molar-refractivity contribution is 7.92. The average molecular weight is 353 g/mol. The maximum atomic E-state index is 13.0. The summed E-state index contributed by atoms with van der Waals surface area (Å²) in [4.78, 5) is 14.8. The van der Waals surface area contributed by atoms with Crippen LogP contribution in [0.3, 0.4) is 0 Å². The molecular weight excluding hydrogens is 324 g/mol. The van der Waals surface area contributed by atoms with Gasteiger partial charge in [0.15, 0.2) is 0 Å². The second-order valence-corrected chi connectivity index (χ2v) is 8.52. The van der Waals surface area contributed by atoms with Crippen LogP contribution in [0.4, 0.5) is 5.69 Å². The van der Waals surface area contributed by atoms with E-state index in [0.29, 0.717) is 12.1 Å². The van der Waals surface area contributed by atoms with Crippen molar-refractivity contribution in [2.24, 2.45) is 0 Å². The van der Waals surface area contributed by atoms with E-state index in [2.05, 4.69) is 0 Å². The lowest BCUT2D eigenvalue weighted by atomic mass is 10.1. The van der Waals surface area contributed by atoms with Gasteiger partial charge in [-0.25, -0.2) is 8.42 Å². The van der Waals surface area contributed by atoms with Crippen molar-refractivity contribution in [3.05, 3.63) is 29.3 Å². The molecule has 1 amide bonds. The van der Waals surface area contributed by atoms with E-state index in [-0.39, 0.29) is 5.91 Å². The predicted molar refractivity (Wildman–Crippen MR) is 97.7 cm³/mol. The summed E-state index contributed by atoms with van der Waals surface area (Å²) < 4.78 is 26.4. The Morgan fingerprint density at radius 3 is 2.38 bits per heavy atom. The van der Waals surface area contributed by atoms with Gasteiger partial charge >= 0.3 is 0 Å². The van der Waals surface area contributed by atoms with Crippen LogP contribution < -0.4 is 4.31 Å². The summed E-state index contributed by atoms with van der Waals surface area (Å²) in [6.07, 6.45) is 4.75. The van der Waals surface area contributed by atoms with E-state index >= 15 is 0 Å². The summed E-state index contributed by atoms with van der Waals surface area (Å²) in [6.45, 7) is 7.12. The fourth-order valence-electron chi connectivity index (χ4n) is 3.30. The largest absolute Gasteiger partial charge is 0.341 e. The number of aryl methyl sites for hydroxylation is 2. The normalized spacial score (nSPS) is 16.8. The fourth-order valence-corrected chi connectivity index (χ4v) is 4.56. The van der Waals surface area contributed by atoms with Crippen molar-refractivity contribution in [1.29, 1.82) is 0 Å². The van der Waals surface area contributed by atoms with Crippen LogP contribution in [0.1, 0.15) is 43.7 Å². The molecule has 0 N–H and O–H groups in total. The first kappa shape index (κ1) is 18.8. The number of anilines is 1. The molecular formula is C18H28N2O3S. The van der Waals surface area contributed by atoms with E-state index in [9.17, 15) is 13.2 Å². The Balaban J connectivity index is 2.45. The average Bonchev–Trinajstić information content (AvgIpc) is 2.54. The summed E-state index contributed by atoms with van der Waals surface area (Å²) >= 11 is 0. The Morgan fingerprint density at radius 2 is 1.83 bits per heavy atom. The van der Waals surface area contributed by atoms with E-state index in [4.69, 9.17) is 0 Å². The maximum absolute atomic E-state index is 13.0. The first-order chi connectivity index (χ1) is 11.3. The summed E-state index contributed by atoms with van der Waals surface area (Å²) in [5.74, 6) is -0.0801. The van der Waals surface area contributed by atoms with Crippen LogP contribution in [-0.4, -0.2) is 44.6 Å². The fraction of sp³-hybridized carbons (Fsp3) is 0.611. The smallest absolute Gasteiger partial charge is 0.246 e. The van der Waals surface area contributed by atoms with Gasteiger partial charge in [-0.2, -0.15) is 0 Å². The predicted octanol–water partition coefficient (Wildman–Crippen LogP) is 2.86. The van der Waals surface area contributed by atoms with Crippen molar-refractivity contribution < 1.29 is 13.2 Å². The van der Waals surface area contributed by atoms with E-state index < -0.39 is 16.1 Å². The van der Waals surface area contributed by atoms with Crippen LogP contribution in [0.15, 0.2) is 18.2 Å². The van der Waals surface area contributed by atoms with Gasteiger partial charge < -0.3 is 4.90 Å². The minimum Gasteiger partial charge on any atom is -0.341 e. The molecule has 1 saturated heterocycles. The molecule has 6 heteroatoms. The zero-order valence-electron chi connectivity index (χ0n) is 15.1. The first-order valence-corrected chi connectivity index (χ1v) is 10.5. The number of hydrogen-bond acceptors (Lipinski definition) is 3. The summed E-state index contributed by atoms with van der Waals surface area (Å²) in [5.41, 5.74) is 2.44. The molecule has 0 radical (unpaired) electrons. The lowest BCUT2D eigenvalue weighted by molar-refractivity contribution is -0.133. The molecule has 1 aromatic carbocycles. The molecule has 134 valence electrons. The van der Waals surface area contributed by atoms with E-state index in [1.807, 2.05) is 43.9 Å². The van der Waals surface area contributed by atoms with Gasteiger partial charge in [-0.3, -0.25) is 9.10 Å². The highest BCUT2D eigenvalue weighted by Crippen LogP contribution is 2.28. The van der Waals surface area contributed by atoms with Crippen molar-refractivity contribution in [3.8, 4) is 0 Å².